The summed E-state index contributed by atoms with van der Waals surface area (Å²) >= 11 is 18.3. The molecule has 1 aliphatic heterocycles. The third-order valence-corrected chi connectivity index (χ3v) is 6.80. The predicted molar refractivity (Wildman–Crippen MR) is 136 cm³/mol. The van der Waals surface area contributed by atoms with Crippen LogP contribution in [0.4, 0.5) is 10.5 Å². The Balaban J connectivity index is 1.53. The predicted octanol–water partition coefficient (Wildman–Crippen LogP) is 6.30. The van der Waals surface area contributed by atoms with E-state index in [0.717, 1.165) is 46.2 Å². The third kappa shape index (κ3) is 4.63. The number of para-hydroxylation sites is 1. The number of aromatic nitrogens is 1. The van der Waals surface area contributed by atoms with Crippen molar-refractivity contribution in [1.29, 1.82) is 0 Å². The number of anilines is 1. The number of hydrogen-bond acceptors (Lipinski definition) is 4. The number of thiocarbonyl (C=S) groups is 1. The molecule has 2 N–H and O–H groups in total. The van der Waals surface area contributed by atoms with Gasteiger partial charge in [-0.15, -0.1) is 0 Å². The second kappa shape index (κ2) is 9.54. The lowest BCUT2D eigenvalue weighted by Crippen LogP contribution is -2.46. The maximum Gasteiger partial charge on any atom is 0.338 e. The fourth-order valence-corrected chi connectivity index (χ4v) is 4.82. The topological polar surface area (TPSA) is 66.4 Å². The summed E-state index contributed by atoms with van der Waals surface area (Å²) in [7, 11) is 0. The SMILES string of the molecule is CCCn1cc(/C=C2\SC(=S)N(NC(=O)Nc3ccc(Cl)c(Cl)c3)C2=O)c2ccccc21. The van der Waals surface area contributed by atoms with Crippen LogP contribution in [0, 0.1) is 0 Å². The maximum absolute atomic E-state index is 12.9. The number of urea groups is 1. The molecule has 10 heteroatoms. The first kappa shape index (κ1) is 22.7. The van der Waals surface area contributed by atoms with Crippen molar-refractivity contribution >= 4 is 86.1 Å². The number of benzene rings is 2. The van der Waals surface area contributed by atoms with Gasteiger partial charge in [-0.05, 0) is 49.0 Å². The van der Waals surface area contributed by atoms with Gasteiger partial charge in [-0.25, -0.2) is 10.2 Å². The summed E-state index contributed by atoms with van der Waals surface area (Å²) < 4.78 is 2.41. The molecule has 0 atom stereocenters. The van der Waals surface area contributed by atoms with Gasteiger partial charge in [0.2, 0.25) is 0 Å². The van der Waals surface area contributed by atoms with Crippen molar-refractivity contribution in [3.8, 4) is 0 Å². The lowest BCUT2D eigenvalue weighted by Gasteiger charge is -2.16. The van der Waals surface area contributed by atoms with Crippen LogP contribution in [-0.2, 0) is 11.3 Å². The van der Waals surface area contributed by atoms with Crippen molar-refractivity contribution in [1.82, 2.24) is 15.0 Å². The van der Waals surface area contributed by atoms with E-state index >= 15 is 0 Å². The van der Waals surface area contributed by atoms with Gasteiger partial charge in [0.1, 0.15) is 0 Å². The van der Waals surface area contributed by atoms with E-state index < -0.39 is 11.9 Å². The zero-order chi connectivity index (χ0) is 22.8. The first-order chi connectivity index (χ1) is 15.4. The Kier molecular flexibility index (Phi) is 6.76. The van der Waals surface area contributed by atoms with Gasteiger partial charge in [0.25, 0.3) is 5.91 Å². The third-order valence-electron chi connectivity index (χ3n) is 4.76. The number of aryl methyl sites for hydroxylation is 1. The molecule has 2 heterocycles. The van der Waals surface area contributed by atoms with E-state index in [0.29, 0.717) is 20.6 Å². The molecule has 0 spiro atoms. The van der Waals surface area contributed by atoms with Crippen molar-refractivity contribution in [2.45, 2.75) is 19.9 Å². The number of hydrogen-bond donors (Lipinski definition) is 2. The Morgan fingerprint density at radius 3 is 2.72 bits per heavy atom. The summed E-state index contributed by atoms with van der Waals surface area (Å²) in [6.45, 7) is 3.00. The molecule has 0 radical (unpaired) electrons. The van der Waals surface area contributed by atoms with E-state index in [9.17, 15) is 9.59 Å². The first-order valence-electron chi connectivity index (χ1n) is 9.76. The molecule has 4 rings (SSSR count). The minimum Gasteiger partial charge on any atom is -0.347 e. The largest absolute Gasteiger partial charge is 0.347 e. The molecule has 0 bridgehead atoms. The van der Waals surface area contributed by atoms with Crippen LogP contribution in [-0.4, -0.2) is 25.8 Å². The van der Waals surface area contributed by atoms with Gasteiger partial charge in [-0.3, -0.25) is 4.79 Å². The van der Waals surface area contributed by atoms with Gasteiger partial charge in [0.15, 0.2) is 4.32 Å². The number of thioether (sulfide) groups is 1. The van der Waals surface area contributed by atoms with Gasteiger partial charge in [0, 0.05) is 34.9 Å². The second-order valence-electron chi connectivity index (χ2n) is 7.01. The molecule has 1 fully saturated rings. The molecule has 1 aliphatic rings. The fourth-order valence-electron chi connectivity index (χ4n) is 3.36. The van der Waals surface area contributed by atoms with Gasteiger partial charge < -0.3 is 9.88 Å². The number of hydrazine groups is 1. The van der Waals surface area contributed by atoms with Gasteiger partial charge in [-0.2, -0.15) is 5.01 Å². The summed E-state index contributed by atoms with van der Waals surface area (Å²) in [4.78, 5) is 25.8. The molecule has 6 nitrogen and oxygen atoms in total. The van der Waals surface area contributed by atoms with E-state index in [1.54, 1.807) is 12.1 Å². The summed E-state index contributed by atoms with van der Waals surface area (Å²) in [5.74, 6) is -0.392. The van der Waals surface area contributed by atoms with Gasteiger partial charge in [-0.1, -0.05) is 60.1 Å². The lowest BCUT2D eigenvalue weighted by molar-refractivity contribution is -0.123. The first-order valence-corrected chi connectivity index (χ1v) is 11.7. The summed E-state index contributed by atoms with van der Waals surface area (Å²) in [5, 5.41) is 5.40. The standard InChI is InChI=1S/C22H18Cl2N4O2S2/c1-2-9-27-12-13(15-5-3-4-6-18(15)27)10-19-20(29)28(22(31)32-19)26-21(30)25-14-7-8-16(23)17(24)11-14/h3-8,10-12H,2,9H2,1H3,(H2,25,26,30)/b19-10-. The minimum absolute atomic E-state index is 0.239. The van der Waals surface area contributed by atoms with E-state index in [2.05, 4.69) is 28.3 Å². The molecule has 3 aromatic rings. The van der Waals surface area contributed by atoms with Crippen LogP contribution in [0.15, 0.2) is 53.6 Å². The molecule has 164 valence electrons. The van der Waals surface area contributed by atoms with Crippen molar-refractivity contribution in [3.05, 3.63) is 69.2 Å². The van der Waals surface area contributed by atoms with E-state index in [-0.39, 0.29) is 4.32 Å². The number of carbonyl (C=O) groups is 2. The smallest absolute Gasteiger partial charge is 0.338 e. The highest BCUT2D eigenvalue weighted by atomic mass is 35.5. The summed E-state index contributed by atoms with van der Waals surface area (Å²) in [6, 6.07) is 12.1. The van der Waals surface area contributed by atoms with Crippen LogP contribution in [0.25, 0.3) is 17.0 Å². The van der Waals surface area contributed by atoms with E-state index in [1.165, 1.54) is 6.07 Å². The Bertz CT molecular complexity index is 1270. The monoisotopic (exact) mass is 504 g/mol. The zero-order valence-corrected chi connectivity index (χ0v) is 20.0. The lowest BCUT2D eigenvalue weighted by atomic mass is 10.1. The number of nitrogens with one attached hydrogen (secondary N) is 2. The molecule has 1 aromatic heterocycles. The highest BCUT2D eigenvalue weighted by Crippen LogP contribution is 2.33. The molecular formula is C22H18Cl2N4O2S2. The maximum atomic E-state index is 12.9. The zero-order valence-electron chi connectivity index (χ0n) is 16.9. The van der Waals surface area contributed by atoms with Crippen LogP contribution in [0.5, 0.6) is 0 Å². The fraction of sp³-hybridized carbons (Fsp3) is 0.136. The average Bonchev–Trinajstić information content (AvgIpc) is 3.23. The molecule has 0 unspecified atom stereocenters. The molecule has 0 aliphatic carbocycles. The molecule has 1 saturated heterocycles. The normalized spacial score (nSPS) is 15.1. The van der Waals surface area contributed by atoms with Crippen LogP contribution < -0.4 is 10.7 Å². The number of carbonyl (C=O) groups excluding carboxylic acids is 2. The Hall–Kier alpha value is -2.52. The molecular weight excluding hydrogens is 487 g/mol. The quantitative estimate of drug-likeness (QED) is 0.316. The van der Waals surface area contributed by atoms with Gasteiger partial charge in [0.05, 0.1) is 15.0 Å². The highest BCUT2D eigenvalue weighted by Gasteiger charge is 2.34. The van der Waals surface area contributed by atoms with Gasteiger partial charge >= 0.3 is 6.03 Å². The van der Waals surface area contributed by atoms with E-state index in [1.807, 2.05) is 30.5 Å². The number of rotatable bonds is 5. The van der Waals surface area contributed by atoms with Crippen molar-refractivity contribution in [2.75, 3.05) is 5.32 Å². The summed E-state index contributed by atoms with van der Waals surface area (Å²) in [6.07, 6.45) is 4.84. The molecule has 3 amide bonds. The number of halogens is 2. The average molecular weight is 505 g/mol. The second-order valence-corrected chi connectivity index (χ2v) is 9.50. The van der Waals surface area contributed by atoms with Crippen molar-refractivity contribution in [3.63, 3.8) is 0 Å². The number of fused-ring (bicyclic) bond motifs is 1. The Morgan fingerprint density at radius 2 is 1.97 bits per heavy atom. The van der Waals surface area contributed by atoms with Crippen LogP contribution in [0.1, 0.15) is 18.9 Å². The van der Waals surface area contributed by atoms with E-state index in [4.69, 9.17) is 35.4 Å². The minimum atomic E-state index is -0.625. The Morgan fingerprint density at radius 1 is 1.19 bits per heavy atom. The Labute approximate surface area is 204 Å². The number of amides is 3. The van der Waals surface area contributed by atoms with Crippen molar-refractivity contribution in [2.24, 2.45) is 0 Å². The summed E-state index contributed by atoms with van der Waals surface area (Å²) in [5.41, 5.74) is 4.95. The van der Waals surface area contributed by atoms with Crippen LogP contribution in [0.2, 0.25) is 10.0 Å². The van der Waals surface area contributed by atoms with Crippen molar-refractivity contribution < 1.29 is 9.59 Å². The molecule has 0 saturated carbocycles. The highest BCUT2D eigenvalue weighted by molar-refractivity contribution is 8.26. The van der Waals surface area contributed by atoms with Crippen LogP contribution in [0.3, 0.4) is 0 Å². The van der Waals surface area contributed by atoms with Crippen LogP contribution >= 0.6 is 47.2 Å². The molecule has 2 aromatic carbocycles. The molecule has 32 heavy (non-hydrogen) atoms. The number of nitrogens with zero attached hydrogens (tertiary/aromatic N) is 2.